The maximum Gasteiger partial charge on any atom is 0.225 e. The third-order valence-electron chi connectivity index (χ3n) is 6.15. The molecule has 0 saturated carbocycles. The Bertz CT molecular complexity index is 1080. The summed E-state index contributed by atoms with van der Waals surface area (Å²) in [4.78, 5) is 26.6. The molecule has 1 fully saturated rings. The number of nitrogens with one attached hydrogen (secondary N) is 1. The van der Waals surface area contributed by atoms with Crippen LogP contribution in [0.4, 0.5) is 16.0 Å². The van der Waals surface area contributed by atoms with Crippen LogP contribution in [0, 0.1) is 11.7 Å². The molecule has 0 spiro atoms. The fraction of sp³-hybridized carbons (Fsp3) is 0.292. The highest BCUT2D eigenvalue weighted by Crippen LogP contribution is 2.36. The Balaban J connectivity index is 1.39. The SMILES string of the molecule is O=C(NCc1cccc(F)c1)[C@@H]1Cc2ccccc2N2CCN(c3ncccn3)C[C@H]12. The van der Waals surface area contributed by atoms with Crippen molar-refractivity contribution in [2.75, 3.05) is 29.4 Å². The summed E-state index contributed by atoms with van der Waals surface area (Å²) >= 11 is 0. The van der Waals surface area contributed by atoms with Crippen LogP contribution >= 0.6 is 0 Å². The first-order valence-corrected chi connectivity index (χ1v) is 10.6. The predicted molar refractivity (Wildman–Crippen MR) is 117 cm³/mol. The Labute approximate surface area is 180 Å². The number of carbonyl (C=O) groups is 1. The van der Waals surface area contributed by atoms with Gasteiger partial charge in [-0.05, 0) is 41.8 Å². The lowest BCUT2D eigenvalue weighted by Gasteiger charge is -2.49. The van der Waals surface area contributed by atoms with E-state index in [1.54, 1.807) is 24.5 Å². The third kappa shape index (κ3) is 3.95. The van der Waals surface area contributed by atoms with Gasteiger partial charge in [-0.15, -0.1) is 0 Å². The van der Waals surface area contributed by atoms with Gasteiger partial charge in [-0.25, -0.2) is 14.4 Å². The number of amides is 1. The second-order valence-electron chi connectivity index (χ2n) is 8.04. The van der Waals surface area contributed by atoms with Gasteiger partial charge in [0, 0.05) is 44.3 Å². The van der Waals surface area contributed by atoms with Crippen molar-refractivity contribution in [1.29, 1.82) is 0 Å². The second-order valence-corrected chi connectivity index (χ2v) is 8.04. The van der Waals surface area contributed by atoms with E-state index in [1.165, 1.54) is 23.4 Å². The first-order chi connectivity index (χ1) is 15.2. The molecular formula is C24H24FN5O. The van der Waals surface area contributed by atoms with Gasteiger partial charge in [-0.2, -0.15) is 0 Å². The van der Waals surface area contributed by atoms with E-state index in [0.717, 1.165) is 18.7 Å². The zero-order chi connectivity index (χ0) is 21.2. The number of hydrogen-bond donors (Lipinski definition) is 1. The molecule has 6 nitrogen and oxygen atoms in total. The zero-order valence-corrected chi connectivity index (χ0v) is 17.1. The quantitative estimate of drug-likeness (QED) is 0.707. The van der Waals surface area contributed by atoms with E-state index in [0.29, 0.717) is 25.5 Å². The minimum atomic E-state index is -0.296. The highest BCUT2D eigenvalue weighted by Gasteiger charge is 2.41. The molecule has 7 heteroatoms. The van der Waals surface area contributed by atoms with Crippen molar-refractivity contribution in [1.82, 2.24) is 15.3 Å². The van der Waals surface area contributed by atoms with Crippen LogP contribution in [0.5, 0.6) is 0 Å². The Morgan fingerprint density at radius 2 is 1.90 bits per heavy atom. The molecule has 0 unspecified atom stereocenters. The molecule has 3 heterocycles. The number of para-hydroxylation sites is 1. The summed E-state index contributed by atoms with van der Waals surface area (Å²) in [5, 5.41) is 3.03. The normalized spacial score (nSPS) is 20.0. The van der Waals surface area contributed by atoms with Crippen molar-refractivity contribution in [3.8, 4) is 0 Å². The van der Waals surface area contributed by atoms with Crippen LogP contribution in [-0.4, -0.2) is 41.6 Å². The number of anilines is 2. The average Bonchev–Trinajstić information content (AvgIpc) is 2.82. The van der Waals surface area contributed by atoms with Gasteiger partial charge in [0.2, 0.25) is 11.9 Å². The maximum atomic E-state index is 13.5. The standard InChI is InChI=1S/C24H24FN5O/c25-19-7-3-5-17(13-19)15-28-23(31)20-14-18-6-1-2-8-21(18)30-12-11-29(16-22(20)30)24-26-9-4-10-27-24/h1-10,13,20,22H,11-12,14-16H2,(H,28,31)/t20-,22-/m1/s1. The molecule has 1 saturated heterocycles. The van der Waals surface area contributed by atoms with Crippen molar-refractivity contribution in [3.05, 3.63) is 83.9 Å². The molecular weight excluding hydrogens is 393 g/mol. The van der Waals surface area contributed by atoms with Gasteiger partial charge in [-0.3, -0.25) is 4.79 Å². The number of halogens is 1. The molecule has 0 bridgehead atoms. The van der Waals surface area contributed by atoms with Crippen LogP contribution in [0.3, 0.4) is 0 Å². The molecule has 2 aliphatic rings. The molecule has 2 aromatic carbocycles. The fourth-order valence-corrected chi connectivity index (χ4v) is 4.66. The Hall–Kier alpha value is -3.48. The number of piperazine rings is 1. The van der Waals surface area contributed by atoms with E-state index in [2.05, 4.69) is 37.2 Å². The van der Waals surface area contributed by atoms with Gasteiger partial charge in [0.1, 0.15) is 5.82 Å². The second kappa shape index (κ2) is 8.34. The summed E-state index contributed by atoms with van der Waals surface area (Å²) in [6.07, 6.45) is 4.16. The molecule has 0 radical (unpaired) electrons. The van der Waals surface area contributed by atoms with Crippen molar-refractivity contribution in [2.24, 2.45) is 5.92 Å². The summed E-state index contributed by atoms with van der Waals surface area (Å²) in [7, 11) is 0. The number of benzene rings is 2. The van der Waals surface area contributed by atoms with E-state index in [1.807, 2.05) is 18.2 Å². The largest absolute Gasteiger partial charge is 0.364 e. The molecule has 1 aromatic heterocycles. The first-order valence-electron chi connectivity index (χ1n) is 10.6. The summed E-state index contributed by atoms with van der Waals surface area (Å²) < 4.78 is 13.5. The summed E-state index contributed by atoms with van der Waals surface area (Å²) in [5.41, 5.74) is 3.15. The molecule has 1 N–H and O–H groups in total. The van der Waals surface area contributed by atoms with Gasteiger partial charge in [0.15, 0.2) is 0 Å². The number of rotatable bonds is 4. The average molecular weight is 417 g/mol. The van der Waals surface area contributed by atoms with Gasteiger partial charge in [-0.1, -0.05) is 30.3 Å². The van der Waals surface area contributed by atoms with Crippen LogP contribution < -0.4 is 15.1 Å². The van der Waals surface area contributed by atoms with Gasteiger partial charge in [0.05, 0.1) is 12.0 Å². The molecule has 31 heavy (non-hydrogen) atoms. The van der Waals surface area contributed by atoms with Gasteiger partial charge >= 0.3 is 0 Å². The van der Waals surface area contributed by atoms with Crippen molar-refractivity contribution in [3.63, 3.8) is 0 Å². The third-order valence-corrected chi connectivity index (χ3v) is 6.15. The zero-order valence-electron chi connectivity index (χ0n) is 17.1. The Morgan fingerprint density at radius 3 is 2.74 bits per heavy atom. The van der Waals surface area contributed by atoms with Crippen LogP contribution in [0.25, 0.3) is 0 Å². The van der Waals surface area contributed by atoms with E-state index in [4.69, 9.17) is 0 Å². The number of aromatic nitrogens is 2. The topological polar surface area (TPSA) is 61.4 Å². The summed E-state index contributed by atoms with van der Waals surface area (Å²) in [6, 6.07) is 16.5. The Kier molecular flexibility index (Phi) is 5.24. The van der Waals surface area contributed by atoms with E-state index >= 15 is 0 Å². The number of nitrogens with zero attached hydrogens (tertiary/aromatic N) is 4. The van der Waals surface area contributed by atoms with Crippen molar-refractivity contribution in [2.45, 2.75) is 19.0 Å². The lowest BCUT2D eigenvalue weighted by Crippen LogP contribution is -2.61. The van der Waals surface area contributed by atoms with Crippen molar-refractivity contribution >= 4 is 17.5 Å². The number of carbonyl (C=O) groups excluding carboxylic acids is 1. The van der Waals surface area contributed by atoms with E-state index in [-0.39, 0.29) is 23.7 Å². The highest BCUT2D eigenvalue weighted by atomic mass is 19.1. The monoisotopic (exact) mass is 417 g/mol. The molecule has 2 aliphatic heterocycles. The molecule has 0 aliphatic carbocycles. The van der Waals surface area contributed by atoms with Crippen LogP contribution in [0.1, 0.15) is 11.1 Å². The predicted octanol–water partition coefficient (Wildman–Crippen LogP) is 2.80. The molecule has 1 amide bonds. The fourth-order valence-electron chi connectivity index (χ4n) is 4.66. The van der Waals surface area contributed by atoms with Crippen LogP contribution in [0.2, 0.25) is 0 Å². The lowest BCUT2D eigenvalue weighted by molar-refractivity contribution is -0.126. The smallest absolute Gasteiger partial charge is 0.225 e. The molecule has 5 rings (SSSR count). The van der Waals surface area contributed by atoms with Crippen LogP contribution in [-0.2, 0) is 17.8 Å². The minimum Gasteiger partial charge on any atom is -0.364 e. The lowest BCUT2D eigenvalue weighted by atomic mass is 9.83. The highest BCUT2D eigenvalue weighted by molar-refractivity contribution is 5.82. The number of hydrogen-bond acceptors (Lipinski definition) is 5. The van der Waals surface area contributed by atoms with Gasteiger partial charge in [0.25, 0.3) is 0 Å². The maximum absolute atomic E-state index is 13.5. The first kappa shape index (κ1) is 19.5. The molecule has 158 valence electrons. The van der Waals surface area contributed by atoms with Gasteiger partial charge < -0.3 is 15.1 Å². The number of fused-ring (bicyclic) bond motifs is 3. The summed E-state index contributed by atoms with van der Waals surface area (Å²) in [6.45, 7) is 2.59. The van der Waals surface area contributed by atoms with E-state index in [9.17, 15) is 9.18 Å². The molecule has 3 aromatic rings. The van der Waals surface area contributed by atoms with E-state index < -0.39 is 0 Å². The molecule has 2 atom stereocenters. The minimum absolute atomic E-state index is 0.00963. The summed E-state index contributed by atoms with van der Waals surface area (Å²) in [5.74, 6) is 0.176. The van der Waals surface area contributed by atoms with Crippen molar-refractivity contribution < 1.29 is 9.18 Å². The van der Waals surface area contributed by atoms with Crippen LogP contribution in [0.15, 0.2) is 67.0 Å². The Morgan fingerprint density at radius 1 is 1.06 bits per heavy atom.